The molecule has 0 saturated heterocycles. The van der Waals surface area contributed by atoms with Crippen molar-refractivity contribution < 1.29 is 19.8 Å². The summed E-state index contributed by atoms with van der Waals surface area (Å²) in [5.74, 6) is -3.65. The van der Waals surface area contributed by atoms with Gasteiger partial charge in [0.25, 0.3) is 0 Å². The molecular formula is C17H19NO4. The van der Waals surface area contributed by atoms with Crippen molar-refractivity contribution in [2.75, 3.05) is 7.05 Å². The third kappa shape index (κ3) is 7.21. The SMILES string of the molecule is CN(Cc1ccccc1)Cc1ccccc1.O=C(O)C(=O)O. The van der Waals surface area contributed by atoms with E-state index in [2.05, 4.69) is 72.6 Å². The predicted octanol–water partition coefficient (Wildman–Crippen LogP) is 2.47. The van der Waals surface area contributed by atoms with Crippen LogP contribution in [0, 0.1) is 0 Å². The summed E-state index contributed by atoms with van der Waals surface area (Å²) in [6, 6.07) is 21.1. The van der Waals surface area contributed by atoms with Crippen molar-refractivity contribution >= 4 is 11.9 Å². The number of hydrogen-bond donors (Lipinski definition) is 2. The topological polar surface area (TPSA) is 77.8 Å². The zero-order chi connectivity index (χ0) is 16.4. The van der Waals surface area contributed by atoms with E-state index < -0.39 is 11.9 Å². The minimum atomic E-state index is -1.82. The Morgan fingerprint density at radius 2 is 1.09 bits per heavy atom. The van der Waals surface area contributed by atoms with E-state index in [1.807, 2.05) is 0 Å². The Hall–Kier alpha value is -2.66. The molecule has 0 saturated carbocycles. The standard InChI is InChI=1S/C15H17N.C2H2O4/c1-16(12-14-8-4-2-5-9-14)13-15-10-6-3-7-11-15;3-1(4)2(5)6/h2-11H,12-13H2,1H3;(H,3,4)(H,5,6). The van der Waals surface area contributed by atoms with Crippen molar-refractivity contribution in [3.05, 3.63) is 71.8 Å². The Kier molecular flexibility index (Phi) is 7.36. The van der Waals surface area contributed by atoms with Gasteiger partial charge in [-0.05, 0) is 18.2 Å². The van der Waals surface area contributed by atoms with Crippen molar-refractivity contribution in [3.8, 4) is 0 Å². The zero-order valence-corrected chi connectivity index (χ0v) is 12.3. The number of hydrogen-bond acceptors (Lipinski definition) is 3. The molecule has 0 aromatic heterocycles. The number of rotatable bonds is 4. The Balaban J connectivity index is 0.000000346. The highest BCUT2D eigenvalue weighted by Crippen LogP contribution is 2.07. The molecule has 0 spiro atoms. The molecule has 0 amide bonds. The number of benzene rings is 2. The molecule has 0 unspecified atom stereocenters. The van der Waals surface area contributed by atoms with Gasteiger partial charge in [0, 0.05) is 13.1 Å². The largest absolute Gasteiger partial charge is 0.473 e. The van der Waals surface area contributed by atoms with Crippen LogP contribution in [0.25, 0.3) is 0 Å². The average Bonchev–Trinajstić information content (AvgIpc) is 2.49. The molecule has 2 aromatic carbocycles. The van der Waals surface area contributed by atoms with Crippen molar-refractivity contribution in [2.45, 2.75) is 13.1 Å². The maximum absolute atomic E-state index is 9.10. The lowest BCUT2D eigenvalue weighted by Gasteiger charge is -2.16. The summed E-state index contributed by atoms with van der Waals surface area (Å²) in [7, 11) is 2.15. The minimum absolute atomic E-state index is 0.996. The molecule has 0 aliphatic rings. The van der Waals surface area contributed by atoms with Gasteiger partial charge in [0.1, 0.15) is 0 Å². The summed E-state index contributed by atoms with van der Waals surface area (Å²) in [5.41, 5.74) is 2.72. The molecule has 2 aromatic rings. The van der Waals surface area contributed by atoms with Crippen molar-refractivity contribution in [2.24, 2.45) is 0 Å². The normalized spacial score (nSPS) is 9.73. The lowest BCUT2D eigenvalue weighted by molar-refractivity contribution is -0.159. The fraction of sp³-hybridized carbons (Fsp3) is 0.176. The highest BCUT2D eigenvalue weighted by molar-refractivity contribution is 6.27. The van der Waals surface area contributed by atoms with E-state index in [-0.39, 0.29) is 0 Å². The summed E-state index contributed by atoms with van der Waals surface area (Å²) < 4.78 is 0. The molecule has 0 bridgehead atoms. The van der Waals surface area contributed by atoms with Crippen LogP contribution in [0.2, 0.25) is 0 Å². The first-order chi connectivity index (χ1) is 10.5. The van der Waals surface area contributed by atoms with Crippen LogP contribution in [0.15, 0.2) is 60.7 Å². The van der Waals surface area contributed by atoms with Crippen LogP contribution in [0.3, 0.4) is 0 Å². The van der Waals surface area contributed by atoms with Gasteiger partial charge in [-0.3, -0.25) is 4.90 Å². The van der Waals surface area contributed by atoms with Gasteiger partial charge in [-0.1, -0.05) is 60.7 Å². The Morgan fingerprint density at radius 3 is 1.36 bits per heavy atom. The maximum Gasteiger partial charge on any atom is 0.414 e. The van der Waals surface area contributed by atoms with E-state index in [4.69, 9.17) is 19.8 Å². The lowest BCUT2D eigenvalue weighted by Crippen LogP contribution is -2.16. The van der Waals surface area contributed by atoms with Crippen LogP contribution in [-0.2, 0) is 22.7 Å². The first-order valence-electron chi connectivity index (χ1n) is 6.71. The number of carboxylic acid groups (broad SMARTS) is 2. The maximum atomic E-state index is 9.10. The third-order valence-corrected chi connectivity index (χ3v) is 2.77. The molecule has 22 heavy (non-hydrogen) atoms. The molecule has 5 heteroatoms. The molecule has 0 radical (unpaired) electrons. The van der Waals surface area contributed by atoms with Gasteiger partial charge in [0.15, 0.2) is 0 Å². The highest BCUT2D eigenvalue weighted by Gasteiger charge is 2.04. The van der Waals surface area contributed by atoms with Crippen LogP contribution in [0.5, 0.6) is 0 Å². The second kappa shape index (κ2) is 9.31. The number of carbonyl (C=O) groups is 2. The number of carboxylic acids is 2. The van der Waals surface area contributed by atoms with E-state index in [0.29, 0.717) is 0 Å². The van der Waals surface area contributed by atoms with E-state index in [1.54, 1.807) is 0 Å². The van der Waals surface area contributed by atoms with E-state index in [0.717, 1.165) is 13.1 Å². The van der Waals surface area contributed by atoms with Crippen LogP contribution in [-0.4, -0.2) is 34.1 Å². The minimum Gasteiger partial charge on any atom is -0.473 e. The molecule has 2 rings (SSSR count). The van der Waals surface area contributed by atoms with Crippen LogP contribution < -0.4 is 0 Å². The van der Waals surface area contributed by atoms with Crippen molar-refractivity contribution in [1.29, 1.82) is 0 Å². The molecule has 0 fully saturated rings. The number of aliphatic carboxylic acids is 2. The summed E-state index contributed by atoms with van der Waals surface area (Å²) in [6.45, 7) is 1.99. The lowest BCUT2D eigenvalue weighted by atomic mass is 10.2. The number of nitrogens with zero attached hydrogens (tertiary/aromatic N) is 1. The smallest absolute Gasteiger partial charge is 0.414 e. The molecule has 116 valence electrons. The Labute approximate surface area is 129 Å². The molecule has 0 heterocycles. The predicted molar refractivity (Wildman–Crippen MR) is 83.3 cm³/mol. The molecule has 0 atom stereocenters. The highest BCUT2D eigenvalue weighted by atomic mass is 16.4. The fourth-order valence-electron chi connectivity index (χ4n) is 1.85. The summed E-state index contributed by atoms with van der Waals surface area (Å²) >= 11 is 0. The van der Waals surface area contributed by atoms with Crippen molar-refractivity contribution in [1.82, 2.24) is 4.90 Å². The second-order valence-corrected chi connectivity index (χ2v) is 4.75. The Bertz CT molecular complexity index is 531. The first-order valence-corrected chi connectivity index (χ1v) is 6.71. The summed E-state index contributed by atoms with van der Waals surface area (Å²) in [5, 5.41) is 14.8. The van der Waals surface area contributed by atoms with Gasteiger partial charge < -0.3 is 10.2 Å². The molecule has 5 nitrogen and oxygen atoms in total. The van der Waals surface area contributed by atoms with Gasteiger partial charge >= 0.3 is 11.9 Å². The van der Waals surface area contributed by atoms with E-state index in [1.165, 1.54) is 11.1 Å². The van der Waals surface area contributed by atoms with Crippen LogP contribution >= 0.6 is 0 Å². The average molecular weight is 301 g/mol. The molecule has 0 aliphatic carbocycles. The third-order valence-electron chi connectivity index (χ3n) is 2.77. The zero-order valence-electron chi connectivity index (χ0n) is 12.3. The van der Waals surface area contributed by atoms with Crippen molar-refractivity contribution in [3.63, 3.8) is 0 Å². The van der Waals surface area contributed by atoms with Gasteiger partial charge in [-0.15, -0.1) is 0 Å². The van der Waals surface area contributed by atoms with Gasteiger partial charge in [0.2, 0.25) is 0 Å². The first kappa shape index (κ1) is 17.4. The second-order valence-electron chi connectivity index (χ2n) is 4.75. The van der Waals surface area contributed by atoms with E-state index in [9.17, 15) is 0 Å². The van der Waals surface area contributed by atoms with Crippen LogP contribution in [0.4, 0.5) is 0 Å². The van der Waals surface area contributed by atoms with Crippen LogP contribution in [0.1, 0.15) is 11.1 Å². The molecule has 2 N–H and O–H groups in total. The van der Waals surface area contributed by atoms with Gasteiger partial charge in [-0.2, -0.15) is 0 Å². The molecular weight excluding hydrogens is 282 g/mol. The van der Waals surface area contributed by atoms with E-state index >= 15 is 0 Å². The summed E-state index contributed by atoms with van der Waals surface area (Å²) in [6.07, 6.45) is 0. The van der Waals surface area contributed by atoms with Gasteiger partial charge in [0.05, 0.1) is 0 Å². The fourth-order valence-corrected chi connectivity index (χ4v) is 1.85. The molecule has 0 aliphatic heterocycles. The quantitative estimate of drug-likeness (QED) is 0.848. The summed E-state index contributed by atoms with van der Waals surface area (Å²) in [4.78, 5) is 20.5. The Morgan fingerprint density at radius 1 is 0.773 bits per heavy atom. The monoisotopic (exact) mass is 301 g/mol. The van der Waals surface area contributed by atoms with Gasteiger partial charge in [-0.25, -0.2) is 9.59 Å².